The van der Waals surface area contributed by atoms with Crippen molar-refractivity contribution in [2.75, 3.05) is 26.7 Å². The van der Waals surface area contributed by atoms with Crippen molar-refractivity contribution < 1.29 is 4.79 Å². The minimum absolute atomic E-state index is 0.0372. The van der Waals surface area contributed by atoms with Gasteiger partial charge in [-0.05, 0) is 37.8 Å². The predicted octanol–water partition coefficient (Wildman–Crippen LogP) is 1.70. The molecule has 21 heavy (non-hydrogen) atoms. The second-order valence-electron chi connectivity index (χ2n) is 6.24. The highest BCUT2D eigenvalue weighted by atomic mass is 16.2. The first kappa shape index (κ1) is 16.0. The van der Waals surface area contributed by atoms with E-state index in [1.165, 1.54) is 18.4 Å². The van der Waals surface area contributed by atoms with Gasteiger partial charge in [0.05, 0.1) is 6.04 Å². The number of hydrogen-bond donors (Lipinski definition) is 1. The van der Waals surface area contributed by atoms with Crippen LogP contribution in [-0.2, 0) is 11.3 Å². The molecule has 4 heteroatoms. The highest BCUT2D eigenvalue weighted by Gasteiger charge is 2.23. The van der Waals surface area contributed by atoms with Crippen LogP contribution in [0.3, 0.4) is 0 Å². The summed E-state index contributed by atoms with van der Waals surface area (Å²) >= 11 is 0. The molecule has 0 bridgehead atoms. The van der Waals surface area contributed by atoms with E-state index in [0.717, 1.165) is 26.2 Å². The molecule has 1 aliphatic rings. The fourth-order valence-electron chi connectivity index (χ4n) is 3.11. The number of amides is 1. The van der Waals surface area contributed by atoms with Crippen LogP contribution in [0, 0.1) is 5.92 Å². The minimum atomic E-state index is -0.404. The summed E-state index contributed by atoms with van der Waals surface area (Å²) in [5.41, 5.74) is 7.03. The molecule has 1 unspecified atom stereocenters. The average Bonchev–Trinajstić information content (AvgIpc) is 2.47. The fraction of sp³-hybridized carbons (Fsp3) is 0.588. The lowest BCUT2D eigenvalue weighted by Gasteiger charge is -2.35. The molecule has 4 nitrogen and oxygen atoms in total. The topological polar surface area (TPSA) is 49.6 Å². The average molecular weight is 289 g/mol. The number of nitrogens with zero attached hydrogens (tertiary/aromatic N) is 2. The molecular weight excluding hydrogens is 262 g/mol. The van der Waals surface area contributed by atoms with Gasteiger partial charge in [-0.1, -0.05) is 30.3 Å². The largest absolute Gasteiger partial charge is 0.344 e. The number of likely N-dealkylation sites (N-methyl/N-ethyl adjacent to an activating group) is 1. The lowest BCUT2D eigenvalue weighted by atomic mass is 9.97. The zero-order valence-electron chi connectivity index (χ0n) is 13.2. The van der Waals surface area contributed by atoms with Gasteiger partial charge in [0, 0.05) is 26.7 Å². The number of benzene rings is 1. The number of carbonyl (C=O) groups is 1. The maximum absolute atomic E-state index is 11.9. The third kappa shape index (κ3) is 4.83. The van der Waals surface area contributed by atoms with Crippen molar-refractivity contribution >= 4 is 5.91 Å². The zero-order chi connectivity index (χ0) is 15.2. The number of carbonyl (C=O) groups excluding carboxylic acids is 1. The van der Waals surface area contributed by atoms with Crippen LogP contribution in [0.15, 0.2) is 30.3 Å². The number of hydrogen-bond acceptors (Lipinski definition) is 3. The second kappa shape index (κ2) is 7.57. The SMILES string of the molecule is C[C@H](N)C(=O)N(C)CC1CCCN(Cc2ccccc2)C1. The molecule has 0 spiro atoms. The molecule has 116 valence electrons. The van der Waals surface area contributed by atoms with Crippen LogP contribution in [0.5, 0.6) is 0 Å². The Kier molecular flexibility index (Phi) is 5.76. The summed E-state index contributed by atoms with van der Waals surface area (Å²) in [4.78, 5) is 16.2. The van der Waals surface area contributed by atoms with Crippen LogP contribution in [0.4, 0.5) is 0 Å². The lowest BCUT2D eigenvalue weighted by molar-refractivity contribution is -0.131. The minimum Gasteiger partial charge on any atom is -0.344 e. The van der Waals surface area contributed by atoms with Crippen LogP contribution < -0.4 is 5.73 Å². The molecule has 1 heterocycles. The Bertz CT molecular complexity index is 447. The van der Waals surface area contributed by atoms with E-state index < -0.39 is 6.04 Å². The summed E-state index contributed by atoms with van der Waals surface area (Å²) < 4.78 is 0. The highest BCUT2D eigenvalue weighted by molar-refractivity contribution is 5.80. The summed E-state index contributed by atoms with van der Waals surface area (Å²) in [6.07, 6.45) is 2.40. The van der Waals surface area contributed by atoms with E-state index in [1.54, 1.807) is 11.8 Å². The molecule has 0 radical (unpaired) electrons. The molecule has 0 aliphatic carbocycles. The van der Waals surface area contributed by atoms with Gasteiger partial charge in [-0.25, -0.2) is 0 Å². The number of nitrogens with two attached hydrogens (primary N) is 1. The van der Waals surface area contributed by atoms with Crippen LogP contribution >= 0.6 is 0 Å². The van der Waals surface area contributed by atoms with E-state index >= 15 is 0 Å². The Labute approximate surface area is 127 Å². The fourth-order valence-corrected chi connectivity index (χ4v) is 3.11. The molecule has 2 atom stereocenters. The predicted molar refractivity (Wildman–Crippen MR) is 85.7 cm³/mol. The van der Waals surface area contributed by atoms with E-state index in [-0.39, 0.29) is 5.91 Å². The van der Waals surface area contributed by atoms with Gasteiger partial charge in [-0.3, -0.25) is 9.69 Å². The van der Waals surface area contributed by atoms with Gasteiger partial charge in [-0.15, -0.1) is 0 Å². The van der Waals surface area contributed by atoms with E-state index in [0.29, 0.717) is 5.92 Å². The molecule has 1 fully saturated rings. The molecule has 2 N–H and O–H groups in total. The van der Waals surface area contributed by atoms with E-state index in [9.17, 15) is 4.79 Å². The summed E-state index contributed by atoms with van der Waals surface area (Å²) in [5.74, 6) is 0.588. The first-order valence-corrected chi connectivity index (χ1v) is 7.83. The van der Waals surface area contributed by atoms with Crippen molar-refractivity contribution in [3.63, 3.8) is 0 Å². The molecule has 1 saturated heterocycles. The van der Waals surface area contributed by atoms with Crippen molar-refractivity contribution in [1.29, 1.82) is 0 Å². The summed E-state index contributed by atoms with van der Waals surface area (Å²) in [6, 6.07) is 10.2. The Morgan fingerprint density at radius 1 is 1.43 bits per heavy atom. The molecule has 1 aromatic carbocycles. The van der Waals surface area contributed by atoms with Gasteiger partial charge in [0.25, 0.3) is 0 Å². The molecule has 0 saturated carbocycles. The quantitative estimate of drug-likeness (QED) is 0.897. The Balaban J connectivity index is 1.85. The second-order valence-corrected chi connectivity index (χ2v) is 6.24. The maximum Gasteiger partial charge on any atom is 0.238 e. The molecule has 1 aromatic rings. The smallest absolute Gasteiger partial charge is 0.238 e. The van der Waals surface area contributed by atoms with Crippen LogP contribution in [0.1, 0.15) is 25.3 Å². The van der Waals surface area contributed by atoms with Crippen molar-refractivity contribution in [3.8, 4) is 0 Å². The van der Waals surface area contributed by atoms with Crippen molar-refractivity contribution in [2.24, 2.45) is 11.7 Å². The molecule has 1 aliphatic heterocycles. The first-order chi connectivity index (χ1) is 10.1. The van der Waals surface area contributed by atoms with E-state index in [4.69, 9.17) is 5.73 Å². The third-order valence-electron chi connectivity index (χ3n) is 4.15. The van der Waals surface area contributed by atoms with Gasteiger partial charge in [0.1, 0.15) is 0 Å². The highest BCUT2D eigenvalue weighted by Crippen LogP contribution is 2.19. The van der Waals surface area contributed by atoms with Crippen molar-refractivity contribution in [2.45, 2.75) is 32.4 Å². The van der Waals surface area contributed by atoms with Crippen LogP contribution in [0.2, 0.25) is 0 Å². The lowest BCUT2D eigenvalue weighted by Crippen LogP contribution is -2.45. The third-order valence-corrected chi connectivity index (χ3v) is 4.15. The first-order valence-electron chi connectivity index (χ1n) is 7.83. The van der Waals surface area contributed by atoms with Gasteiger partial charge in [0.2, 0.25) is 5.91 Å². The summed E-state index contributed by atoms with van der Waals surface area (Å²) in [5, 5.41) is 0. The summed E-state index contributed by atoms with van der Waals surface area (Å²) in [6.45, 7) is 5.77. The van der Waals surface area contributed by atoms with Gasteiger partial charge < -0.3 is 10.6 Å². The van der Waals surface area contributed by atoms with Gasteiger partial charge in [-0.2, -0.15) is 0 Å². The normalized spacial score (nSPS) is 21.0. The van der Waals surface area contributed by atoms with Crippen molar-refractivity contribution in [3.05, 3.63) is 35.9 Å². The van der Waals surface area contributed by atoms with Crippen LogP contribution in [0.25, 0.3) is 0 Å². The number of likely N-dealkylation sites (tertiary alicyclic amines) is 1. The standard InChI is InChI=1S/C17H27N3O/c1-14(18)17(21)19(2)11-16-9-6-10-20(13-16)12-15-7-4-3-5-8-15/h3-5,7-8,14,16H,6,9-13,18H2,1-2H3/t14-,16?/m0/s1. The van der Waals surface area contributed by atoms with Gasteiger partial charge in [0.15, 0.2) is 0 Å². The van der Waals surface area contributed by atoms with Crippen molar-refractivity contribution in [1.82, 2.24) is 9.80 Å². The molecular formula is C17H27N3O. The zero-order valence-corrected chi connectivity index (χ0v) is 13.2. The summed E-state index contributed by atoms with van der Waals surface area (Å²) in [7, 11) is 1.86. The molecule has 2 rings (SSSR count). The molecule has 1 amide bonds. The van der Waals surface area contributed by atoms with Crippen LogP contribution in [-0.4, -0.2) is 48.4 Å². The maximum atomic E-state index is 11.9. The Hall–Kier alpha value is -1.39. The Morgan fingerprint density at radius 2 is 2.14 bits per heavy atom. The van der Waals surface area contributed by atoms with E-state index in [1.807, 2.05) is 7.05 Å². The van der Waals surface area contributed by atoms with Gasteiger partial charge >= 0.3 is 0 Å². The monoisotopic (exact) mass is 289 g/mol. The van der Waals surface area contributed by atoms with E-state index in [2.05, 4.69) is 35.2 Å². The molecule has 0 aromatic heterocycles. The Morgan fingerprint density at radius 3 is 2.81 bits per heavy atom. The number of rotatable bonds is 5. The number of piperidine rings is 1.